The average Bonchev–Trinajstić information content (AvgIpc) is 3.30. The summed E-state index contributed by atoms with van der Waals surface area (Å²) in [5.74, 6) is -0.218. The Hall–Kier alpha value is -3.40. The van der Waals surface area contributed by atoms with Crippen LogP contribution in [0.4, 0.5) is 0 Å². The van der Waals surface area contributed by atoms with Crippen molar-refractivity contribution >= 4 is 50.9 Å². The van der Waals surface area contributed by atoms with Crippen molar-refractivity contribution in [2.45, 2.75) is 30.7 Å². The van der Waals surface area contributed by atoms with E-state index < -0.39 is 10.0 Å². The number of hydrazone groups is 1. The van der Waals surface area contributed by atoms with Gasteiger partial charge in [-0.05, 0) is 61.4 Å². The van der Waals surface area contributed by atoms with Gasteiger partial charge < -0.3 is 5.73 Å². The molecular formula is C26H26Cl2N6O2S. The van der Waals surface area contributed by atoms with Gasteiger partial charge in [-0.25, -0.2) is 5.01 Å². The number of guanidine groups is 2. The first kappa shape index (κ1) is 26.7. The van der Waals surface area contributed by atoms with Gasteiger partial charge in [0.1, 0.15) is 0 Å². The van der Waals surface area contributed by atoms with Crippen LogP contribution in [0.3, 0.4) is 0 Å². The van der Waals surface area contributed by atoms with Gasteiger partial charge in [-0.3, -0.25) is 10.3 Å². The summed E-state index contributed by atoms with van der Waals surface area (Å²) in [7, 11) is -4.13. The minimum Gasteiger partial charge on any atom is -0.370 e. The molecule has 0 saturated heterocycles. The molecule has 37 heavy (non-hydrogen) atoms. The van der Waals surface area contributed by atoms with Gasteiger partial charge in [0.05, 0.1) is 17.2 Å². The number of benzene rings is 3. The molecule has 0 saturated carbocycles. The third-order valence-electron chi connectivity index (χ3n) is 5.46. The fourth-order valence-corrected chi connectivity index (χ4v) is 5.00. The lowest BCUT2D eigenvalue weighted by molar-refractivity contribution is 0.464. The van der Waals surface area contributed by atoms with Crippen LogP contribution in [0.25, 0.3) is 0 Å². The highest BCUT2D eigenvalue weighted by Gasteiger charge is 2.33. The Labute approximate surface area is 226 Å². The molecule has 1 heterocycles. The molecule has 3 aromatic carbocycles. The van der Waals surface area contributed by atoms with Crippen LogP contribution in [0.2, 0.25) is 10.0 Å². The summed E-state index contributed by atoms with van der Waals surface area (Å²) in [6.45, 7) is 4.03. The van der Waals surface area contributed by atoms with Crippen molar-refractivity contribution in [2.24, 2.45) is 20.2 Å². The fraction of sp³-hybridized carbons (Fsp3) is 0.192. The molecular weight excluding hydrogens is 531 g/mol. The van der Waals surface area contributed by atoms with Crippen LogP contribution in [0.15, 0.2) is 98.2 Å². The molecule has 0 spiro atoms. The quantitative estimate of drug-likeness (QED) is 0.344. The van der Waals surface area contributed by atoms with Crippen LogP contribution < -0.4 is 11.1 Å². The maximum absolute atomic E-state index is 13.2. The molecule has 0 radical (unpaired) electrons. The van der Waals surface area contributed by atoms with E-state index in [9.17, 15) is 8.42 Å². The average molecular weight is 558 g/mol. The van der Waals surface area contributed by atoms with Gasteiger partial charge >= 0.3 is 0 Å². The van der Waals surface area contributed by atoms with E-state index in [2.05, 4.69) is 14.7 Å². The number of halogens is 2. The van der Waals surface area contributed by atoms with E-state index in [4.69, 9.17) is 34.0 Å². The zero-order chi connectivity index (χ0) is 26.6. The maximum Gasteiger partial charge on any atom is 0.285 e. The number of rotatable bonds is 5. The molecule has 3 N–H and O–H groups in total. The minimum atomic E-state index is -4.13. The molecule has 192 valence electrons. The summed E-state index contributed by atoms with van der Waals surface area (Å²) in [4.78, 5) is 4.25. The van der Waals surface area contributed by atoms with Gasteiger partial charge in [0.25, 0.3) is 10.0 Å². The molecule has 0 aromatic heterocycles. The van der Waals surface area contributed by atoms with Crippen LogP contribution in [-0.4, -0.2) is 43.6 Å². The Morgan fingerprint density at radius 3 is 2.19 bits per heavy atom. The number of sulfonamides is 1. The second-order valence-corrected chi connectivity index (χ2v) is 11.1. The molecule has 3 aromatic rings. The number of aliphatic imine (C=N–C) groups is 1. The van der Waals surface area contributed by atoms with Crippen molar-refractivity contribution in [1.82, 2.24) is 10.3 Å². The second-order valence-electron chi connectivity index (χ2n) is 8.61. The van der Waals surface area contributed by atoms with E-state index in [1.54, 1.807) is 12.1 Å². The molecule has 0 bridgehead atoms. The lowest BCUT2D eigenvalue weighted by Gasteiger charge is -2.19. The Morgan fingerprint density at radius 2 is 1.59 bits per heavy atom. The molecule has 0 fully saturated rings. The van der Waals surface area contributed by atoms with Crippen LogP contribution in [0.1, 0.15) is 30.9 Å². The van der Waals surface area contributed by atoms with Crippen molar-refractivity contribution in [1.29, 1.82) is 0 Å². The largest absolute Gasteiger partial charge is 0.370 e. The highest BCUT2D eigenvalue weighted by atomic mass is 35.5. The zero-order valence-electron chi connectivity index (χ0n) is 20.2. The summed E-state index contributed by atoms with van der Waals surface area (Å²) < 4.78 is 30.5. The highest BCUT2D eigenvalue weighted by molar-refractivity contribution is 7.90. The summed E-state index contributed by atoms with van der Waals surface area (Å²) >= 11 is 12.0. The molecule has 0 aliphatic carbocycles. The molecule has 1 atom stereocenters. The molecule has 1 unspecified atom stereocenters. The lowest BCUT2D eigenvalue weighted by atomic mass is 9.91. The Balaban J connectivity index is 1.80. The van der Waals surface area contributed by atoms with E-state index in [0.717, 1.165) is 16.8 Å². The van der Waals surface area contributed by atoms with Gasteiger partial charge in [0.2, 0.25) is 5.96 Å². The van der Waals surface area contributed by atoms with Gasteiger partial charge in [0, 0.05) is 22.0 Å². The third-order valence-corrected chi connectivity index (χ3v) is 7.24. The normalized spacial score (nSPS) is 16.7. The number of nitrogens with one attached hydrogen (secondary N) is 1. The predicted octanol–water partition coefficient (Wildman–Crippen LogP) is 4.85. The van der Waals surface area contributed by atoms with Crippen LogP contribution in [-0.2, 0) is 10.0 Å². The van der Waals surface area contributed by atoms with E-state index in [1.807, 2.05) is 56.3 Å². The van der Waals surface area contributed by atoms with Gasteiger partial charge in [-0.15, -0.1) is 4.40 Å². The van der Waals surface area contributed by atoms with Crippen LogP contribution in [0, 0.1) is 0 Å². The summed E-state index contributed by atoms with van der Waals surface area (Å²) in [5, 5.41) is 10.2. The van der Waals surface area contributed by atoms with Crippen molar-refractivity contribution in [2.75, 3.05) is 6.54 Å². The second kappa shape index (κ2) is 11.3. The standard InChI is InChI=1S/C26H26Cl2N6O2S/c1-17(2)30-25(29)31-26(33-37(35,36)22-14-12-21(28)13-15-22)34-16-23(18-6-4-3-5-7-18)24(32-34)19-8-10-20(27)11-9-19/h3-15,17,23H,16H2,1-2H3,(H3,29,30,31,33). The first-order chi connectivity index (χ1) is 17.6. The number of hydrogen-bond acceptors (Lipinski definition) is 4. The summed E-state index contributed by atoms with van der Waals surface area (Å²) in [6, 6.07) is 22.8. The maximum atomic E-state index is 13.2. The van der Waals surface area contributed by atoms with E-state index in [0.29, 0.717) is 16.6 Å². The monoisotopic (exact) mass is 556 g/mol. The smallest absolute Gasteiger partial charge is 0.285 e. The molecule has 4 rings (SSSR count). The fourth-order valence-electron chi connectivity index (χ4n) is 3.79. The lowest BCUT2D eigenvalue weighted by Crippen LogP contribution is -2.45. The van der Waals surface area contributed by atoms with Crippen molar-refractivity contribution in [3.05, 3.63) is 100 Å². The summed E-state index contributed by atoms with van der Waals surface area (Å²) in [6.07, 6.45) is 0. The topological polar surface area (TPSA) is 113 Å². The van der Waals surface area contributed by atoms with Crippen molar-refractivity contribution < 1.29 is 8.42 Å². The van der Waals surface area contributed by atoms with Gasteiger partial charge in [-0.2, -0.15) is 13.5 Å². The SMILES string of the molecule is CC(C)N=C(N)N/C(=N/S(=O)(=O)c1ccc(Cl)cc1)N1CC(c2ccccc2)C(c2ccc(Cl)cc2)=N1. The Kier molecular flexibility index (Phi) is 8.16. The molecule has 11 heteroatoms. The molecule has 1 aliphatic heterocycles. The number of hydrogen-bond donors (Lipinski definition) is 2. The molecule has 0 amide bonds. The summed E-state index contributed by atoms with van der Waals surface area (Å²) in [5.41, 5.74) is 8.69. The minimum absolute atomic E-state index is 0.0173. The first-order valence-electron chi connectivity index (χ1n) is 11.5. The van der Waals surface area contributed by atoms with E-state index in [-0.39, 0.29) is 28.8 Å². The molecule has 8 nitrogen and oxygen atoms in total. The molecule has 1 aliphatic rings. The Morgan fingerprint density at radius 1 is 1.00 bits per heavy atom. The Bertz CT molecular complexity index is 1440. The zero-order valence-corrected chi connectivity index (χ0v) is 22.5. The van der Waals surface area contributed by atoms with Gasteiger partial charge in [-0.1, -0.05) is 65.7 Å². The highest BCUT2D eigenvalue weighted by Crippen LogP contribution is 2.30. The first-order valence-corrected chi connectivity index (χ1v) is 13.7. The van der Waals surface area contributed by atoms with Crippen molar-refractivity contribution in [3.8, 4) is 0 Å². The van der Waals surface area contributed by atoms with Crippen LogP contribution >= 0.6 is 23.2 Å². The van der Waals surface area contributed by atoms with E-state index >= 15 is 0 Å². The predicted molar refractivity (Wildman–Crippen MR) is 150 cm³/mol. The van der Waals surface area contributed by atoms with Crippen molar-refractivity contribution in [3.63, 3.8) is 0 Å². The van der Waals surface area contributed by atoms with E-state index in [1.165, 1.54) is 29.3 Å². The van der Waals surface area contributed by atoms with Crippen LogP contribution in [0.5, 0.6) is 0 Å². The van der Waals surface area contributed by atoms with Gasteiger partial charge in [0.15, 0.2) is 5.96 Å². The third kappa shape index (κ3) is 6.68. The number of nitrogens with zero attached hydrogens (tertiary/aromatic N) is 4. The number of nitrogens with two attached hydrogens (primary N) is 1.